The van der Waals surface area contributed by atoms with E-state index >= 15 is 0 Å². The molecule has 0 radical (unpaired) electrons. The summed E-state index contributed by atoms with van der Waals surface area (Å²) in [4.78, 5) is 14.8. The van der Waals surface area contributed by atoms with Gasteiger partial charge in [0.2, 0.25) is 0 Å². The van der Waals surface area contributed by atoms with E-state index in [0.717, 1.165) is 17.2 Å². The van der Waals surface area contributed by atoms with Crippen LogP contribution < -0.4 is 4.57 Å². The quantitative estimate of drug-likeness (QED) is 0.165. The molecule has 2 aromatic carbocycles. The van der Waals surface area contributed by atoms with Gasteiger partial charge in [-0.15, -0.1) is 0 Å². The van der Waals surface area contributed by atoms with Crippen LogP contribution in [0.3, 0.4) is 0 Å². The summed E-state index contributed by atoms with van der Waals surface area (Å²) in [6.45, 7) is 4.83. The van der Waals surface area contributed by atoms with E-state index < -0.39 is 4.92 Å². The number of hydrogen-bond donors (Lipinski definition) is 0. The highest BCUT2D eigenvalue weighted by Gasteiger charge is 2.17. The molecule has 7 heteroatoms. The maximum Gasteiger partial charge on any atom is 0.269 e. The molecule has 0 bridgehead atoms. The van der Waals surface area contributed by atoms with Crippen molar-refractivity contribution in [1.29, 1.82) is 0 Å². The van der Waals surface area contributed by atoms with Crippen LogP contribution in [0.1, 0.15) is 21.8 Å². The fourth-order valence-corrected chi connectivity index (χ4v) is 3.73. The Morgan fingerprint density at radius 1 is 1.15 bits per heavy atom. The number of aliphatic imine (C=N–C) groups is 1. The molecule has 3 aromatic rings. The van der Waals surface area contributed by atoms with Gasteiger partial charge in [0, 0.05) is 29.7 Å². The van der Waals surface area contributed by atoms with E-state index in [4.69, 9.17) is 12.6 Å². The number of rotatable bonds is 5. The molecule has 0 atom stereocenters. The van der Waals surface area contributed by atoms with Gasteiger partial charge in [-0.2, -0.15) is 4.57 Å². The Morgan fingerprint density at radius 2 is 1.81 bits per heavy atom. The predicted molar refractivity (Wildman–Crippen MR) is 106 cm³/mol. The van der Waals surface area contributed by atoms with Crippen molar-refractivity contribution < 1.29 is 9.49 Å². The number of thiazole rings is 1. The molecule has 0 amide bonds. The van der Waals surface area contributed by atoms with Crippen LogP contribution in [0.5, 0.6) is 0 Å². The van der Waals surface area contributed by atoms with Crippen molar-refractivity contribution >= 4 is 40.4 Å². The summed E-state index contributed by atoms with van der Waals surface area (Å²) in [7, 11) is 0. The van der Waals surface area contributed by atoms with Crippen molar-refractivity contribution in [3.63, 3.8) is 0 Å². The zero-order valence-electron chi connectivity index (χ0n) is 14.4. The lowest BCUT2D eigenvalue weighted by atomic mass is 10.1. The van der Waals surface area contributed by atoms with E-state index in [1.807, 2.05) is 6.92 Å². The van der Waals surface area contributed by atoms with E-state index in [1.165, 1.54) is 23.3 Å². The van der Waals surface area contributed by atoms with Crippen LogP contribution in [0.15, 0.2) is 58.9 Å². The van der Waals surface area contributed by atoms with E-state index in [1.54, 1.807) is 23.5 Å². The number of non-ortho nitro benzene ring substituents is 1. The van der Waals surface area contributed by atoms with Gasteiger partial charge >= 0.3 is 0 Å². The lowest BCUT2D eigenvalue weighted by Crippen LogP contribution is -2.40. The lowest BCUT2D eigenvalue weighted by Gasteiger charge is -2.08. The Kier molecular flexibility index (Phi) is 5.39. The molecule has 0 fully saturated rings. The van der Waals surface area contributed by atoms with Gasteiger partial charge in [0.05, 0.1) is 16.0 Å². The Labute approximate surface area is 161 Å². The van der Waals surface area contributed by atoms with Crippen LogP contribution in [0, 0.1) is 24.0 Å². The third-order valence-electron chi connectivity index (χ3n) is 3.95. The number of aryl methyl sites for hydroxylation is 2. The van der Waals surface area contributed by atoms with Gasteiger partial charge in [0.1, 0.15) is 0 Å². The molecule has 0 N–H and O–H groups in total. The number of hydrogen-bond acceptors (Lipinski definition) is 5. The van der Waals surface area contributed by atoms with Gasteiger partial charge in [0.15, 0.2) is 12.2 Å². The fraction of sp³-hybridized carbons (Fsp3) is 0.158. The van der Waals surface area contributed by atoms with Crippen molar-refractivity contribution in [2.75, 3.05) is 0 Å². The molecule has 0 aliphatic rings. The third-order valence-corrected chi connectivity index (χ3v) is 5.46. The summed E-state index contributed by atoms with van der Waals surface area (Å²) < 4.78 is 2.15. The molecule has 1 heterocycles. The van der Waals surface area contributed by atoms with E-state index in [2.05, 4.69) is 46.1 Å². The molecule has 132 valence electrons. The minimum absolute atomic E-state index is 0.0382. The molecule has 0 aliphatic carbocycles. The minimum Gasteiger partial charge on any atom is -0.753 e. The molecule has 1 aromatic heterocycles. The van der Waals surface area contributed by atoms with E-state index in [0.29, 0.717) is 10.7 Å². The Bertz CT molecular complexity index is 961. The highest BCUT2D eigenvalue weighted by atomic mass is 32.1. The maximum absolute atomic E-state index is 10.7. The second-order valence-corrected chi connectivity index (χ2v) is 7.19. The lowest BCUT2D eigenvalue weighted by molar-refractivity contribution is -0.690. The number of benzene rings is 2. The second kappa shape index (κ2) is 7.72. The Hall–Kier alpha value is -2.64. The van der Waals surface area contributed by atoms with Crippen LogP contribution in [0.4, 0.5) is 11.4 Å². The Morgan fingerprint density at radius 3 is 2.42 bits per heavy atom. The summed E-state index contributed by atoms with van der Waals surface area (Å²) in [5, 5.41) is 14.2. The first-order valence-electron chi connectivity index (χ1n) is 7.98. The van der Waals surface area contributed by atoms with Gasteiger partial charge in [0.25, 0.3) is 10.7 Å². The predicted octanol–water partition coefficient (Wildman–Crippen LogP) is 4.23. The molecule has 0 saturated carbocycles. The van der Waals surface area contributed by atoms with Crippen molar-refractivity contribution in [3.8, 4) is 0 Å². The van der Waals surface area contributed by atoms with E-state index in [-0.39, 0.29) is 5.69 Å². The molecule has 0 unspecified atom stereocenters. The van der Waals surface area contributed by atoms with Crippen molar-refractivity contribution in [2.24, 2.45) is 4.99 Å². The summed E-state index contributed by atoms with van der Waals surface area (Å²) in [5.74, 6) is 0. The first-order valence-corrected chi connectivity index (χ1v) is 9.27. The topological polar surface area (TPSA) is 59.4 Å². The highest BCUT2D eigenvalue weighted by Crippen LogP contribution is 2.20. The molecule has 3 rings (SSSR count). The second-order valence-electron chi connectivity index (χ2n) is 5.94. The molecular formula is C19H17N3O2S2. The molecule has 26 heavy (non-hydrogen) atoms. The largest absolute Gasteiger partial charge is 0.753 e. The third kappa shape index (κ3) is 4.12. The molecule has 0 spiro atoms. The van der Waals surface area contributed by atoms with Crippen molar-refractivity contribution in [2.45, 2.75) is 20.4 Å². The Balaban J connectivity index is 1.88. The number of nitro benzene ring substituents is 1. The van der Waals surface area contributed by atoms with Crippen molar-refractivity contribution in [3.05, 3.63) is 85.9 Å². The fourth-order valence-electron chi connectivity index (χ4n) is 2.48. The highest BCUT2D eigenvalue weighted by molar-refractivity contribution is 7.78. The summed E-state index contributed by atoms with van der Waals surface area (Å²) in [5.41, 5.74) is 4.18. The average molecular weight is 383 g/mol. The minimum atomic E-state index is -0.430. The molecule has 0 saturated heterocycles. The van der Waals surface area contributed by atoms with Crippen LogP contribution in [0.2, 0.25) is 0 Å². The first kappa shape index (κ1) is 18.2. The molecule has 5 nitrogen and oxygen atoms in total. The molecular weight excluding hydrogens is 366 g/mol. The zero-order chi connectivity index (χ0) is 18.7. The zero-order valence-corrected chi connectivity index (χ0v) is 16.0. The molecule has 0 aliphatic heterocycles. The number of nitrogens with zero attached hydrogens (tertiary/aromatic N) is 3. The monoisotopic (exact) mass is 383 g/mol. The van der Waals surface area contributed by atoms with Crippen molar-refractivity contribution in [1.82, 2.24) is 0 Å². The van der Waals surface area contributed by atoms with Crippen LogP contribution in [-0.4, -0.2) is 9.97 Å². The van der Waals surface area contributed by atoms with Crippen LogP contribution >= 0.6 is 11.3 Å². The smallest absolute Gasteiger partial charge is 0.269 e. The van der Waals surface area contributed by atoms with Crippen LogP contribution in [-0.2, 0) is 19.2 Å². The number of nitro groups is 1. The van der Waals surface area contributed by atoms with Gasteiger partial charge in [-0.3, -0.25) is 15.1 Å². The maximum atomic E-state index is 10.7. The average Bonchev–Trinajstić information content (AvgIpc) is 2.98. The van der Waals surface area contributed by atoms with Crippen LogP contribution in [0.25, 0.3) is 0 Å². The first-order chi connectivity index (χ1) is 12.4. The summed E-state index contributed by atoms with van der Waals surface area (Å²) in [6.07, 6.45) is 0. The van der Waals surface area contributed by atoms with Gasteiger partial charge in [-0.1, -0.05) is 41.2 Å². The summed E-state index contributed by atoms with van der Waals surface area (Å²) in [6, 6.07) is 14.5. The summed E-state index contributed by atoms with van der Waals surface area (Å²) >= 11 is 7.07. The van der Waals surface area contributed by atoms with Gasteiger partial charge in [-0.25, -0.2) is 0 Å². The SMILES string of the molecule is Cc1ccc(C[n+]2c(C)csc2C([S-])=Nc2ccc([N+](=O)[O-])cc2)cc1. The number of aromatic nitrogens is 1. The van der Waals surface area contributed by atoms with Gasteiger partial charge in [-0.05, 0) is 19.1 Å². The normalized spacial score (nSPS) is 11.5. The standard InChI is InChI=1S/C19H17N3O2S2/c1-13-3-5-15(6-4-13)11-21-14(2)12-26-19(21)18(25)20-16-7-9-17(10-8-16)22(23)24/h3-10,12H,11H2,1-2H3. The van der Waals surface area contributed by atoms with E-state index in [9.17, 15) is 10.1 Å². The van der Waals surface area contributed by atoms with Gasteiger partial charge < -0.3 is 12.6 Å².